The zero-order valence-electron chi connectivity index (χ0n) is 11.0. The fraction of sp³-hybridized carbons (Fsp3) is 0.600. The van der Waals surface area contributed by atoms with Gasteiger partial charge in [0.2, 0.25) is 0 Å². The van der Waals surface area contributed by atoms with Crippen LogP contribution in [0.3, 0.4) is 0 Å². The molecule has 0 radical (unpaired) electrons. The summed E-state index contributed by atoms with van der Waals surface area (Å²) in [5, 5.41) is 14.0. The van der Waals surface area contributed by atoms with Crippen LogP contribution in [0, 0.1) is 6.92 Å². The van der Waals surface area contributed by atoms with E-state index in [4.69, 9.17) is 0 Å². The monoisotopic (exact) mass is 311 g/mol. The fourth-order valence-corrected chi connectivity index (χ4v) is 2.97. The predicted octanol–water partition coefficient (Wildman–Crippen LogP) is 4.25. The van der Waals surface area contributed by atoms with Crippen molar-refractivity contribution in [3.05, 3.63) is 28.2 Å². The van der Waals surface area contributed by atoms with Crippen molar-refractivity contribution in [3.63, 3.8) is 0 Å². The maximum Gasteiger partial charge on any atom is 0.0819 e. The predicted molar refractivity (Wildman–Crippen MR) is 80.0 cm³/mol. The molecule has 2 N–H and O–H groups in total. The van der Waals surface area contributed by atoms with E-state index in [0.717, 1.165) is 35.8 Å². The third-order valence-corrected chi connectivity index (χ3v) is 4.34. The lowest BCUT2D eigenvalue weighted by molar-refractivity contribution is 0.0381. The van der Waals surface area contributed by atoms with Crippen LogP contribution >= 0.6 is 15.9 Å². The number of benzene rings is 1. The van der Waals surface area contributed by atoms with Crippen molar-refractivity contribution < 1.29 is 5.11 Å². The molecule has 0 aromatic heterocycles. The van der Waals surface area contributed by atoms with E-state index in [1.807, 2.05) is 6.07 Å². The van der Waals surface area contributed by atoms with Gasteiger partial charge in [-0.15, -0.1) is 0 Å². The first-order valence-corrected chi connectivity index (χ1v) is 7.61. The van der Waals surface area contributed by atoms with Crippen LogP contribution in [0.2, 0.25) is 0 Å². The number of rotatable bonds is 3. The third kappa shape index (κ3) is 3.72. The van der Waals surface area contributed by atoms with Gasteiger partial charge in [-0.1, -0.05) is 47.7 Å². The Bertz CT molecular complexity index is 397. The quantitative estimate of drug-likeness (QED) is 0.818. The van der Waals surface area contributed by atoms with Gasteiger partial charge in [-0.05, 0) is 37.5 Å². The van der Waals surface area contributed by atoms with Gasteiger partial charge >= 0.3 is 0 Å². The molecule has 0 amide bonds. The molecule has 1 fully saturated rings. The number of aliphatic hydroxyl groups is 1. The highest BCUT2D eigenvalue weighted by atomic mass is 79.9. The van der Waals surface area contributed by atoms with E-state index in [1.54, 1.807) is 0 Å². The summed E-state index contributed by atoms with van der Waals surface area (Å²) in [5.41, 5.74) is 1.81. The highest BCUT2D eigenvalue weighted by molar-refractivity contribution is 9.10. The molecule has 1 aliphatic carbocycles. The normalized spacial score (nSPS) is 19.3. The molecule has 0 heterocycles. The minimum Gasteiger partial charge on any atom is -0.388 e. The van der Waals surface area contributed by atoms with Crippen LogP contribution in [0.1, 0.15) is 44.1 Å². The van der Waals surface area contributed by atoms with Crippen LogP contribution in [-0.2, 0) is 0 Å². The number of aryl methyl sites for hydroxylation is 1. The number of nitrogens with one attached hydrogen (secondary N) is 1. The lowest BCUT2D eigenvalue weighted by Crippen LogP contribution is -2.36. The van der Waals surface area contributed by atoms with E-state index < -0.39 is 5.60 Å². The van der Waals surface area contributed by atoms with Crippen molar-refractivity contribution in [2.75, 3.05) is 11.9 Å². The molecule has 0 saturated heterocycles. The summed E-state index contributed by atoms with van der Waals surface area (Å²) >= 11 is 3.49. The summed E-state index contributed by atoms with van der Waals surface area (Å²) in [6.45, 7) is 2.75. The Kier molecular flexibility index (Phi) is 4.68. The van der Waals surface area contributed by atoms with Crippen LogP contribution in [0.25, 0.3) is 0 Å². The van der Waals surface area contributed by atoms with E-state index in [-0.39, 0.29) is 0 Å². The smallest absolute Gasteiger partial charge is 0.0819 e. The van der Waals surface area contributed by atoms with Gasteiger partial charge in [0.15, 0.2) is 0 Å². The first kappa shape index (κ1) is 13.9. The molecule has 2 rings (SSSR count). The Morgan fingerprint density at radius 1 is 1.22 bits per heavy atom. The van der Waals surface area contributed by atoms with Crippen LogP contribution < -0.4 is 5.32 Å². The maximum atomic E-state index is 10.6. The van der Waals surface area contributed by atoms with Crippen LogP contribution in [0.4, 0.5) is 5.69 Å². The van der Waals surface area contributed by atoms with Crippen molar-refractivity contribution in [1.82, 2.24) is 0 Å². The Hall–Kier alpha value is -0.540. The van der Waals surface area contributed by atoms with E-state index in [1.165, 1.54) is 18.4 Å². The summed E-state index contributed by atoms with van der Waals surface area (Å²) in [6, 6.07) is 6.21. The minimum atomic E-state index is -0.523. The molecule has 0 aliphatic heterocycles. The van der Waals surface area contributed by atoms with Gasteiger partial charge in [0.1, 0.15) is 0 Å². The molecule has 1 aromatic rings. The van der Waals surface area contributed by atoms with Crippen molar-refractivity contribution in [2.45, 2.75) is 51.0 Å². The zero-order valence-corrected chi connectivity index (χ0v) is 12.6. The molecule has 0 bridgehead atoms. The van der Waals surface area contributed by atoms with Gasteiger partial charge in [0.05, 0.1) is 5.60 Å². The van der Waals surface area contributed by atoms with E-state index >= 15 is 0 Å². The summed E-state index contributed by atoms with van der Waals surface area (Å²) in [5.74, 6) is 0. The second-order valence-corrected chi connectivity index (χ2v) is 6.37. The zero-order chi connectivity index (χ0) is 13.0. The van der Waals surface area contributed by atoms with Gasteiger partial charge in [-0.3, -0.25) is 0 Å². The minimum absolute atomic E-state index is 0.523. The Labute approximate surface area is 118 Å². The van der Waals surface area contributed by atoms with Gasteiger partial charge in [0, 0.05) is 16.7 Å². The summed E-state index contributed by atoms with van der Waals surface area (Å²) in [6.07, 6.45) is 6.67. The average molecular weight is 312 g/mol. The Balaban J connectivity index is 1.99. The van der Waals surface area contributed by atoms with Crippen LogP contribution in [-0.4, -0.2) is 17.3 Å². The molecule has 0 unspecified atom stereocenters. The standard InChI is InChI=1S/C15H22BrNO/c1-12-6-7-13(16)10-14(12)17-11-15(18)8-4-2-3-5-9-15/h6-7,10,17-18H,2-5,8-9,11H2,1H3. The summed E-state index contributed by atoms with van der Waals surface area (Å²) < 4.78 is 1.07. The molecule has 18 heavy (non-hydrogen) atoms. The van der Waals surface area contributed by atoms with Gasteiger partial charge in [0.25, 0.3) is 0 Å². The molecular weight excluding hydrogens is 290 g/mol. The maximum absolute atomic E-state index is 10.6. The third-order valence-electron chi connectivity index (χ3n) is 3.84. The number of hydrogen-bond donors (Lipinski definition) is 2. The number of halogens is 1. The van der Waals surface area contributed by atoms with Crippen LogP contribution in [0.15, 0.2) is 22.7 Å². The van der Waals surface area contributed by atoms with E-state index in [2.05, 4.69) is 40.3 Å². The van der Waals surface area contributed by atoms with Gasteiger partial charge in [-0.25, -0.2) is 0 Å². The summed E-state index contributed by atoms with van der Waals surface area (Å²) in [4.78, 5) is 0. The molecule has 0 atom stereocenters. The van der Waals surface area contributed by atoms with Gasteiger partial charge < -0.3 is 10.4 Å². The highest BCUT2D eigenvalue weighted by Gasteiger charge is 2.27. The van der Waals surface area contributed by atoms with Crippen LogP contribution in [0.5, 0.6) is 0 Å². The average Bonchev–Trinajstić information content (AvgIpc) is 2.56. The van der Waals surface area contributed by atoms with Gasteiger partial charge in [-0.2, -0.15) is 0 Å². The Morgan fingerprint density at radius 3 is 2.56 bits per heavy atom. The number of anilines is 1. The molecule has 1 aromatic carbocycles. The SMILES string of the molecule is Cc1ccc(Br)cc1NCC1(O)CCCCCC1. The summed E-state index contributed by atoms with van der Waals surface area (Å²) in [7, 11) is 0. The fourth-order valence-electron chi connectivity index (χ4n) is 2.61. The lowest BCUT2D eigenvalue weighted by atomic mass is 9.94. The molecule has 100 valence electrons. The molecule has 3 heteroatoms. The van der Waals surface area contributed by atoms with Crippen molar-refractivity contribution in [1.29, 1.82) is 0 Å². The topological polar surface area (TPSA) is 32.3 Å². The molecule has 0 spiro atoms. The second kappa shape index (κ2) is 6.07. The van der Waals surface area contributed by atoms with Crippen molar-refractivity contribution in [3.8, 4) is 0 Å². The highest BCUT2D eigenvalue weighted by Crippen LogP contribution is 2.28. The second-order valence-electron chi connectivity index (χ2n) is 5.45. The number of hydrogen-bond acceptors (Lipinski definition) is 2. The van der Waals surface area contributed by atoms with E-state index in [9.17, 15) is 5.11 Å². The van der Waals surface area contributed by atoms with Crippen molar-refractivity contribution >= 4 is 21.6 Å². The molecule has 1 saturated carbocycles. The first-order valence-electron chi connectivity index (χ1n) is 6.81. The molecular formula is C15H22BrNO. The molecule has 2 nitrogen and oxygen atoms in total. The molecule has 1 aliphatic rings. The first-order chi connectivity index (χ1) is 8.59. The lowest BCUT2D eigenvalue weighted by Gasteiger charge is -2.27. The largest absolute Gasteiger partial charge is 0.388 e. The van der Waals surface area contributed by atoms with E-state index in [0.29, 0.717) is 6.54 Å². The Morgan fingerprint density at radius 2 is 1.89 bits per heavy atom. The van der Waals surface area contributed by atoms with Crippen molar-refractivity contribution in [2.24, 2.45) is 0 Å².